The molecule has 2 aromatic rings. The molecule has 0 amide bonds. The highest BCUT2D eigenvalue weighted by molar-refractivity contribution is 7.95. The fourth-order valence-corrected chi connectivity index (χ4v) is 3.83. The van der Waals surface area contributed by atoms with Crippen molar-refractivity contribution in [1.82, 2.24) is 4.90 Å². The van der Waals surface area contributed by atoms with Gasteiger partial charge in [-0.3, -0.25) is 4.90 Å². The number of ether oxygens (including phenoxy) is 2. The zero-order chi connectivity index (χ0) is 17.9. The van der Waals surface area contributed by atoms with E-state index >= 15 is 0 Å². The predicted octanol–water partition coefficient (Wildman–Crippen LogP) is 3.66. The van der Waals surface area contributed by atoms with Gasteiger partial charge >= 0.3 is 0 Å². The summed E-state index contributed by atoms with van der Waals surface area (Å²) >= 11 is 0.618. The number of fused-ring (bicyclic) bond motifs is 1. The average molecular weight is 373 g/mol. The second-order valence-corrected chi connectivity index (χ2v) is 7.12. The summed E-state index contributed by atoms with van der Waals surface area (Å²) in [7, 11) is 2.18. The fraction of sp³-hybridized carbons (Fsp3) is 0.368. The van der Waals surface area contributed by atoms with Crippen LogP contribution in [0.15, 0.2) is 42.5 Å². The Labute approximate surface area is 158 Å². The molecule has 0 spiro atoms. The lowest BCUT2D eigenvalue weighted by molar-refractivity contribution is 0.174. The number of nitrogens with zero attached hydrogens (tertiary/aromatic N) is 2. The van der Waals surface area contributed by atoms with Gasteiger partial charge < -0.3 is 23.6 Å². The Bertz CT molecular complexity index is 756. The van der Waals surface area contributed by atoms with Crippen molar-refractivity contribution in [2.24, 2.45) is 0 Å². The van der Waals surface area contributed by atoms with Gasteiger partial charge in [-0.25, -0.2) is 0 Å². The fourth-order valence-electron chi connectivity index (χ4n) is 3.59. The van der Waals surface area contributed by atoms with Gasteiger partial charge in [0, 0.05) is 37.1 Å². The van der Waals surface area contributed by atoms with Gasteiger partial charge in [-0.2, -0.15) is 0 Å². The molecule has 1 fully saturated rings. The van der Waals surface area contributed by atoms with E-state index in [1.165, 1.54) is 11.3 Å². The number of likely N-dealkylation sites (N-methyl/N-ethyl adjacent to an activating group) is 1. The zero-order valence-corrected chi connectivity index (χ0v) is 15.5. The first-order chi connectivity index (χ1) is 12.7. The maximum Gasteiger partial charge on any atom is 0.231 e. The van der Waals surface area contributed by atoms with Crippen LogP contribution in [0.2, 0.25) is 0 Å². The number of benzene rings is 2. The third kappa shape index (κ3) is 3.70. The molecular weight excluding hydrogens is 350 g/mol. The van der Waals surface area contributed by atoms with Crippen LogP contribution >= 0.6 is 12.2 Å². The highest BCUT2D eigenvalue weighted by atomic mass is 32.2. The molecule has 0 bridgehead atoms. The van der Waals surface area contributed by atoms with E-state index in [0.29, 0.717) is 25.1 Å². The molecule has 2 N–H and O–H groups in total. The van der Waals surface area contributed by atoms with Gasteiger partial charge in [-0.1, -0.05) is 6.07 Å². The normalized spacial score (nSPS) is 18.6. The summed E-state index contributed by atoms with van der Waals surface area (Å²) in [6, 6.07) is 14.9. The Morgan fingerprint density at radius 3 is 2.81 bits per heavy atom. The molecule has 0 aliphatic carbocycles. The first-order valence-corrected chi connectivity index (χ1v) is 9.50. The van der Waals surface area contributed by atoms with E-state index in [1.807, 2.05) is 18.2 Å². The Morgan fingerprint density at radius 2 is 2.00 bits per heavy atom. The van der Waals surface area contributed by atoms with Crippen molar-refractivity contribution >= 4 is 23.6 Å². The molecule has 0 radical (unpaired) electrons. The van der Waals surface area contributed by atoms with Crippen LogP contribution in [-0.2, 0) is 6.54 Å². The standard InChI is InChI=1S/C19H23N3O3S/c1-21(11-14-2-7-18-19(10-14)25-13-24-18)17-8-9-22(12-17)16-5-3-15(4-6-16)20-26-23/h2-7,10,17,20,23H,8-9,11-13H2,1H3. The van der Waals surface area contributed by atoms with Crippen molar-refractivity contribution in [2.45, 2.75) is 19.0 Å². The minimum absolute atomic E-state index is 0.317. The molecule has 1 atom stereocenters. The first kappa shape index (κ1) is 17.3. The van der Waals surface area contributed by atoms with Gasteiger partial charge in [0.2, 0.25) is 6.79 Å². The number of rotatable bonds is 6. The first-order valence-electron chi connectivity index (χ1n) is 8.73. The molecule has 1 unspecified atom stereocenters. The van der Waals surface area contributed by atoms with Crippen molar-refractivity contribution in [3.63, 3.8) is 0 Å². The molecule has 6 nitrogen and oxygen atoms in total. The summed E-state index contributed by atoms with van der Waals surface area (Å²) in [6.45, 7) is 3.28. The molecule has 2 heterocycles. The molecule has 2 aliphatic rings. The van der Waals surface area contributed by atoms with Crippen molar-refractivity contribution < 1.29 is 14.0 Å². The second kappa shape index (κ2) is 7.65. The third-order valence-corrected chi connectivity index (χ3v) is 5.38. The zero-order valence-electron chi connectivity index (χ0n) is 14.7. The SMILES string of the molecule is CN(Cc1ccc2c(c1)OCO2)C1CCN(c2ccc(NSO)cc2)C1. The highest BCUT2D eigenvalue weighted by Gasteiger charge is 2.26. The number of anilines is 2. The Hall–Kier alpha value is -2.09. The van der Waals surface area contributed by atoms with E-state index in [-0.39, 0.29) is 0 Å². The molecular formula is C19H23N3O3S. The smallest absolute Gasteiger partial charge is 0.231 e. The van der Waals surface area contributed by atoms with Crippen LogP contribution in [0.4, 0.5) is 11.4 Å². The molecule has 2 aliphatic heterocycles. The van der Waals surface area contributed by atoms with Gasteiger partial charge in [0.1, 0.15) is 12.2 Å². The van der Waals surface area contributed by atoms with Crippen LogP contribution in [0.25, 0.3) is 0 Å². The minimum atomic E-state index is 0.317. The monoisotopic (exact) mass is 373 g/mol. The van der Waals surface area contributed by atoms with Crippen LogP contribution in [0.5, 0.6) is 11.5 Å². The van der Waals surface area contributed by atoms with Crippen LogP contribution < -0.4 is 19.1 Å². The molecule has 1 saturated heterocycles. The van der Waals surface area contributed by atoms with Crippen LogP contribution in [0, 0.1) is 0 Å². The second-order valence-electron chi connectivity index (χ2n) is 6.73. The minimum Gasteiger partial charge on any atom is -0.454 e. The Morgan fingerprint density at radius 1 is 1.19 bits per heavy atom. The molecule has 4 rings (SSSR count). The Kier molecular flexibility index (Phi) is 5.10. The van der Waals surface area contributed by atoms with Gasteiger partial charge in [0.15, 0.2) is 11.5 Å². The lowest BCUT2D eigenvalue weighted by Gasteiger charge is -2.25. The van der Waals surface area contributed by atoms with E-state index in [1.54, 1.807) is 0 Å². The summed E-state index contributed by atoms with van der Waals surface area (Å²) in [4.78, 5) is 4.83. The molecule has 7 heteroatoms. The van der Waals surface area contributed by atoms with Crippen LogP contribution in [0.3, 0.4) is 0 Å². The van der Waals surface area contributed by atoms with Crippen LogP contribution in [0.1, 0.15) is 12.0 Å². The average Bonchev–Trinajstić information content (AvgIpc) is 3.32. The summed E-state index contributed by atoms with van der Waals surface area (Å²) in [5.41, 5.74) is 3.36. The van der Waals surface area contributed by atoms with E-state index in [4.69, 9.17) is 14.0 Å². The van der Waals surface area contributed by atoms with Gasteiger partial charge in [0.25, 0.3) is 0 Å². The summed E-state index contributed by atoms with van der Waals surface area (Å²) in [6.07, 6.45) is 1.15. The molecule has 26 heavy (non-hydrogen) atoms. The van der Waals surface area contributed by atoms with E-state index in [0.717, 1.165) is 43.2 Å². The number of nitrogens with one attached hydrogen (secondary N) is 1. The maximum atomic E-state index is 8.84. The number of hydrogen-bond acceptors (Lipinski definition) is 7. The van der Waals surface area contributed by atoms with Gasteiger partial charge in [-0.15, -0.1) is 0 Å². The third-order valence-electron chi connectivity index (χ3n) is 5.05. The molecule has 0 aromatic heterocycles. The van der Waals surface area contributed by atoms with Crippen LogP contribution in [-0.4, -0.2) is 42.4 Å². The van der Waals surface area contributed by atoms with Gasteiger partial charge in [-0.05, 0) is 55.4 Å². The van der Waals surface area contributed by atoms with Crippen molar-refractivity contribution in [3.05, 3.63) is 48.0 Å². The van der Waals surface area contributed by atoms with Crippen molar-refractivity contribution in [1.29, 1.82) is 0 Å². The maximum absolute atomic E-state index is 8.84. The predicted molar refractivity (Wildman–Crippen MR) is 105 cm³/mol. The highest BCUT2D eigenvalue weighted by Crippen LogP contribution is 2.33. The summed E-state index contributed by atoms with van der Waals surface area (Å²) in [5, 5.41) is 0. The quantitative estimate of drug-likeness (QED) is 0.592. The molecule has 2 aromatic carbocycles. The molecule has 138 valence electrons. The van der Waals surface area contributed by atoms with Crippen molar-refractivity contribution in [3.8, 4) is 11.5 Å². The summed E-state index contributed by atoms with van der Waals surface area (Å²) in [5.74, 6) is 1.68. The number of hydrogen-bond donors (Lipinski definition) is 2. The van der Waals surface area contributed by atoms with Gasteiger partial charge in [0.05, 0.1) is 0 Å². The summed E-state index contributed by atoms with van der Waals surface area (Å²) < 4.78 is 22.5. The Balaban J connectivity index is 1.35. The van der Waals surface area contributed by atoms with E-state index in [2.05, 4.69) is 45.8 Å². The van der Waals surface area contributed by atoms with E-state index in [9.17, 15) is 0 Å². The lowest BCUT2D eigenvalue weighted by atomic mass is 10.1. The topological polar surface area (TPSA) is 57.2 Å². The largest absolute Gasteiger partial charge is 0.454 e. The molecule has 0 saturated carbocycles. The van der Waals surface area contributed by atoms with Crippen molar-refractivity contribution in [2.75, 3.05) is 36.6 Å². The lowest BCUT2D eigenvalue weighted by Crippen LogP contribution is -2.34. The van der Waals surface area contributed by atoms with E-state index < -0.39 is 0 Å².